The van der Waals surface area contributed by atoms with Gasteiger partial charge in [-0.1, -0.05) is 24.3 Å². The number of benzene rings is 1. The minimum Gasteiger partial charge on any atom is -0.348 e. The molecule has 1 aromatic carbocycles. The summed E-state index contributed by atoms with van der Waals surface area (Å²) in [5.74, 6) is -0.726. The molecule has 0 radical (unpaired) electrons. The Hall–Kier alpha value is -2.13. The highest BCUT2D eigenvalue weighted by molar-refractivity contribution is 6.05. The average molecular weight is 309 g/mol. The molecular weight excluding hydrogens is 290 g/mol. The third-order valence-electron chi connectivity index (χ3n) is 4.55. The number of hydrogen-bond donors (Lipinski definition) is 0. The summed E-state index contributed by atoms with van der Waals surface area (Å²) in [5.41, 5.74) is 5.00. The maximum absolute atomic E-state index is 12.8. The molecule has 23 heavy (non-hydrogen) atoms. The van der Waals surface area contributed by atoms with Crippen LogP contribution in [0.15, 0.2) is 59.9 Å². The molecule has 0 bridgehead atoms. The number of allylic oxidation sites excluding steroid dienone is 2. The van der Waals surface area contributed by atoms with Gasteiger partial charge in [0.25, 0.3) is 0 Å². The predicted molar refractivity (Wildman–Crippen MR) is 86.8 cm³/mol. The fourth-order valence-corrected chi connectivity index (χ4v) is 3.52. The molecule has 118 valence electrons. The van der Waals surface area contributed by atoms with Gasteiger partial charge in [0, 0.05) is 11.3 Å². The van der Waals surface area contributed by atoms with Crippen LogP contribution in [0.4, 0.5) is 5.69 Å². The molecule has 2 saturated heterocycles. The van der Waals surface area contributed by atoms with E-state index in [1.165, 1.54) is 0 Å². The standard InChI is InChI=1S/C19H19NO3/c1-19(2)22-12-15(23-19)17-16(13-8-6-7-9-13)18(21)20(17)14-10-4-3-5-11-14/h3-8,10-11,15-17H,12H2,1-2H3/t15-,16+,17?/m0/s1. The second kappa shape index (κ2) is 5.20. The number of ether oxygens (including phenoxy) is 2. The van der Waals surface area contributed by atoms with Gasteiger partial charge >= 0.3 is 0 Å². The summed E-state index contributed by atoms with van der Waals surface area (Å²) in [6.07, 6.45) is 5.58. The molecule has 2 aliphatic heterocycles. The van der Waals surface area contributed by atoms with Crippen molar-refractivity contribution in [3.8, 4) is 0 Å². The molecule has 1 amide bonds. The van der Waals surface area contributed by atoms with Crippen LogP contribution in [0, 0.1) is 5.92 Å². The van der Waals surface area contributed by atoms with E-state index >= 15 is 0 Å². The molecule has 0 aromatic heterocycles. The Morgan fingerprint density at radius 3 is 2.65 bits per heavy atom. The Bertz CT molecular complexity index is 728. The maximum Gasteiger partial charge on any atom is 0.237 e. The highest BCUT2D eigenvalue weighted by Gasteiger charge is 2.56. The number of amides is 1. The van der Waals surface area contributed by atoms with E-state index in [4.69, 9.17) is 9.47 Å². The second-order valence-electron chi connectivity index (χ2n) is 6.50. The zero-order valence-electron chi connectivity index (χ0n) is 13.2. The minimum absolute atomic E-state index is 0.0645. The molecule has 0 saturated carbocycles. The number of hydrogen-bond acceptors (Lipinski definition) is 3. The predicted octanol–water partition coefficient (Wildman–Crippen LogP) is 2.82. The van der Waals surface area contributed by atoms with Crippen molar-refractivity contribution in [2.45, 2.75) is 31.8 Å². The van der Waals surface area contributed by atoms with Gasteiger partial charge in [0.05, 0.1) is 18.6 Å². The smallest absolute Gasteiger partial charge is 0.237 e. The normalized spacial score (nSPS) is 31.4. The quantitative estimate of drug-likeness (QED) is 0.636. The maximum atomic E-state index is 12.8. The number of para-hydroxylation sites is 1. The van der Waals surface area contributed by atoms with Crippen molar-refractivity contribution in [1.82, 2.24) is 0 Å². The molecule has 1 aromatic rings. The molecule has 3 atom stereocenters. The zero-order valence-corrected chi connectivity index (χ0v) is 13.2. The first-order valence-corrected chi connectivity index (χ1v) is 7.90. The first kappa shape index (κ1) is 14.5. The number of carbonyl (C=O) groups is 1. The summed E-state index contributed by atoms with van der Waals surface area (Å²) in [5, 5.41) is 0. The van der Waals surface area contributed by atoms with Crippen molar-refractivity contribution in [1.29, 1.82) is 0 Å². The zero-order chi connectivity index (χ0) is 16.0. The Balaban J connectivity index is 1.68. The second-order valence-corrected chi connectivity index (χ2v) is 6.50. The van der Waals surface area contributed by atoms with Crippen LogP contribution in [0.2, 0.25) is 0 Å². The van der Waals surface area contributed by atoms with Gasteiger partial charge in [0.1, 0.15) is 6.10 Å². The topological polar surface area (TPSA) is 38.8 Å². The summed E-state index contributed by atoms with van der Waals surface area (Å²) in [4.78, 5) is 14.6. The van der Waals surface area contributed by atoms with Gasteiger partial charge in [-0.25, -0.2) is 0 Å². The van der Waals surface area contributed by atoms with E-state index in [0.29, 0.717) is 6.61 Å². The van der Waals surface area contributed by atoms with Crippen molar-refractivity contribution in [2.24, 2.45) is 5.92 Å². The van der Waals surface area contributed by atoms with E-state index in [1.54, 1.807) is 0 Å². The number of β-lactam (4-membered cyclic amide) rings is 1. The van der Waals surface area contributed by atoms with Crippen LogP contribution < -0.4 is 4.90 Å². The van der Waals surface area contributed by atoms with E-state index in [2.05, 4.69) is 5.73 Å². The summed E-state index contributed by atoms with van der Waals surface area (Å²) < 4.78 is 11.8. The highest BCUT2D eigenvalue weighted by atomic mass is 16.7. The lowest BCUT2D eigenvalue weighted by atomic mass is 9.78. The lowest BCUT2D eigenvalue weighted by molar-refractivity contribution is -0.151. The summed E-state index contributed by atoms with van der Waals surface area (Å²) in [7, 11) is 0. The van der Waals surface area contributed by atoms with Crippen molar-refractivity contribution in [3.05, 3.63) is 59.9 Å². The van der Waals surface area contributed by atoms with Crippen molar-refractivity contribution in [3.63, 3.8) is 0 Å². The van der Waals surface area contributed by atoms with Crippen LogP contribution in [0.1, 0.15) is 13.8 Å². The van der Waals surface area contributed by atoms with E-state index in [1.807, 2.05) is 67.3 Å². The van der Waals surface area contributed by atoms with Crippen molar-refractivity contribution >= 4 is 11.6 Å². The van der Waals surface area contributed by atoms with Crippen molar-refractivity contribution in [2.75, 3.05) is 11.5 Å². The van der Waals surface area contributed by atoms with Crippen LogP contribution >= 0.6 is 0 Å². The van der Waals surface area contributed by atoms with E-state index in [9.17, 15) is 4.79 Å². The number of anilines is 1. The monoisotopic (exact) mass is 309 g/mol. The van der Waals surface area contributed by atoms with Gasteiger partial charge in [-0.2, -0.15) is 0 Å². The minimum atomic E-state index is -0.605. The molecule has 4 nitrogen and oxygen atoms in total. The van der Waals surface area contributed by atoms with Gasteiger partial charge in [0.2, 0.25) is 5.91 Å². The number of nitrogens with zero attached hydrogens (tertiary/aromatic N) is 1. The Kier molecular flexibility index (Phi) is 3.27. The molecule has 1 unspecified atom stereocenters. The van der Waals surface area contributed by atoms with Gasteiger partial charge in [-0.05, 0) is 38.1 Å². The van der Waals surface area contributed by atoms with Crippen LogP contribution in [0.3, 0.4) is 0 Å². The van der Waals surface area contributed by atoms with Gasteiger partial charge in [-0.3, -0.25) is 4.79 Å². The molecule has 0 N–H and O–H groups in total. The van der Waals surface area contributed by atoms with E-state index in [0.717, 1.165) is 11.3 Å². The third-order valence-corrected chi connectivity index (χ3v) is 4.55. The lowest BCUT2D eigenvalue weighted by Gasteiger charge is -2.49. The Morgan fingerprint density at radius 1 is 1.26 bits per heavy atom. The van der Waals surface area contributed by atoms with E-state index in [-0.39, 0.29) is 24.0 Å². The molecular formula is C19H19NO3. The molecule has 4 heteroatoms. The average Bonchev–Trinajstić information content (AvgIpc) is 3.15. The summed E-state index contributed by atoms with van der Waals surface area (Å²) in [6.45, 7) is 4.31. The fourth-order valence-electron chi connectivity index (χ4n) is 3.52. The number of rotatable bonds is 3. The summed E-state index contributed by atoms with van der Waals surface area (Å²) in [6, 6.07) is 9.68. The SMILES string of the molecule is CC1(C)OC[C@@H](C2[C@@H](C3=C=CC=C3)C(=O)N2c2ccccc2)O1. The molecule has 2 heterocycles. The number of carbonyl (C=O) groups excluding carboxylic acids is 1. The van der Waals surface area contributed by atoms with Gasteiger partial charge in [0.15, 0.2) is 5.79 Å². The molecule has 4 rings (SSSR count). The van der Waals surface area contributed by atoms with Crippen LogP contribution in [0.5, 0.6) is 0 Å². The molecule has 2 fully saturated rings. The first-order valence-electron chi connectivity index (χ1n) is 7.90. The fraction of sp³-hybridized carbons (Fsp3) is 0.368. The largest absolute Gasteiger partial charge is 0.348 e. The molecule has 1 aliphatic carbocycles. The lowest BCUT2D eigenvalue weighted by Crippen LogP contribution is -2.67. The van der Waals surface area contributed by atoms with E-state index < -0.39 is 5.79 Å². The Labute approximate surface area is 135 Å². The van der Waals surface area contributed by atoms with Crippen LogP contribution in [-0.4, -0.2) is 30.4 Å². The first-order chi connectivity index (χ1) is 11.1. The van der Waals surface area contributed by atoms with Crippen LogP contribution in [-0.2, 0) is 14.3 Å². The van der Waals surface area contributed by atoms with Crippen molar-refractivity contribution < 1.29 is 14.3 Å². The van der Waals surface area contributed by atoms with Gasteiger partial charge in [-0.15, -0.1) is 5.73 Å². The van der Waals surface area contributed by atoms with Crippen LogP contribution in [0.25, 0.3) is 0 Å². The van der Waals surface area contributed by atoms with Gasteiger partial charge < -0.3 is 14.4 Å². The third kappa shape index (κ3) is 2.36. The molecule has 3 aliphatic rings. The highest BCUT2D eigenvalue weighted by Crippen LogP contribution is 2.42. The Morgan fingerprint density at radius 2 is 2.04 bits per heavy atom. The molecule has 0 spiro atoms. The summed E-state index contributed by atoms with van der Waals surface area (Å²) >= 11 is 0.